The molecule has 37 heavy (non-hydrogen) atoms. The minimum absolute atomic E-state index is 0.146. The largest absolute Gasteiger partial charge is 0.457 e. The van der Waals surface area contributed by atoms with Crippen LogP contribution in [0.3, 0.4) is 0 Å². The van der Waals surface area contributed by atoms with Crippen molar-refractivity contribution in [2.75, 3.05) is 30.0 Å². The lowest BCUT2D eigenvalue weighted by Gasteiger charge is -2.14. The van der Waals surface area contributed by atoms with Gasteiger partial charge in [-0.15, -0.1) is 0 Å². The van der Waals surface area contributed by atoms with E-state index in [2.05, 4.69) is 30.9 Å². The maximum atomic E-state index is 12.2. The molecule has 4 rings (SSSR count). The van der Waals surface area contributed by atoms with Crippen LogP contribution in [0.15, 0.2) is 97.3 Å². The van der Waals surface area contributed by atoms with Gasteiger partial charge in [-0.3, -0.25) is 4.79 Å². The monoisotopic (exact) mass is 495 g/mol. The molecule has 0 fully saturated rings. The lowest BCUT2D eigenvalue weighted by Crippen LogP contribution is -2.22. The first kappa shape index (κ1) is 25.3. The standard InChI is InChI=1S/C28H29N7O2/c1-20(35(2)3)12-17-28(36)34-25-11-7-10-24(32-25)33-27-18-26(29-19-30-27)31-21-13-15-23(16-14-21)37-22-8-5-4-6-9-22/h4-20H,1-3H3,(H3,29,30,31,32,33,34,36). The minimum atomic E-state index is -0.243. The zero-order chi connectivity index (χ0) is 26.0. The second-order valence-electron chi connectivity index (χ2n) is 8.44. The third kappa shape index (κ3) is 7.87. The van der Waals surface area contributed by atoms with Crippen molar-refractivity contribution in [2.45, 2.75) is 13.0 Å². The molecule has 0 spiro atoms. The van der Waals surface area contributed by atoms with Crippen LogP contribution in [0.4, 0.5) is 29.0 Å². The average Bonchev–Trinajstić information content (AvgIpc) is 2.89. The molecule has 9 heteroatoms. The molecule has 188 valence electrons. The molecule has 0 bridgehead atoms. The summed E-state index contributed by atoms with van der Waals surface area (Å²) in [6.45, 7) is 2.01. The van der Waals surface area contributed by atoms with Gasteiger partial charge in [-0.05, 0) is 69.6 Å². The van der Waals surface area contributed by atoms with Gasteiger partial charge < -0.3 is 25.6 Å². The maximum absolute atomic E-state index is 12.2. The Bertz CT molecular complexity index is 1340. The molecule has 0 saturated carbocycles. The summed E-state index contributed by atoms with van der Waals surface area (Å²) in [4.78, 5) is 27.2. The molecular formula is C28H29N7O2. The summed E-state index contributed by atoms with van der Waals surface area (Å²) < 4.78 is 5.83. The zero-order valence-electron chi connectivity index (χ0n) is 20.9. The smallest absolute Gasteiger partial charge is 0.249 e. The van der Waals surface area contributed by atoms with Crippen molar-refractivity contribution in [3.8, 4) is 11.5 Å². The molecule has 4 aromatic rings. The van der Waals surface area contributed by atoms with Gasteiger partial charge in [-0.25, -0.2) is 15.0 Å². The number of anilines is 5. The van der Waals surface area contributed by atoms with Gasteiger partial charge in [0, 0.05) is 23.9 Å². The van der Waals surface area contributed by atoms with Crippen LogP contribution in [0.1, 0.15) is 6.92 Å². The summed E-state index contributed by atoms with van der Waals surface area (Å²) in [5.74, 6) is 3.41. The van der Waals surface area contributed by atoms with Crippen LogP contribution in [-0.2, 0) is 4.79 Å². The molecule has 0 saturated heterocycles. The van der Waals surface area contributed by atoms with Gasteiger partial charge in [0.15, 0.2) is 0 Å². The molecule has 1 unspecified atom stereocenters. The van der Waals surface area contributed by atoms with Crippen molar-refractivity contribution >= 4 is 34.9 Å². The van der Waals surface area contributed by atoms with E-state index >= 15 is 0 Å². The second-order valence-corrected chi connectivity index (χ2v) is 8.44. The molecule has 3 N–H and O–H groups in total. The van der Waals surface area contributed by atoms with Gasteiger partial charge in [-0.2, -0.15) is 0 Å². The van der Waals surface area contributed by atoms with E-state index in [9.17, 15) is 4.79 Å². The second kappa shape index (κ2) is 12.3. The van der Waals surface area contributed by atoms with E-state index < -0.39 is 0 Å². The van der Waals surface area contributed by atoms with Crippen LogP contribution >= 0.6 is 0 Å². The van der Waals surface area contributed by atoms with Crippen LogP contribution < -0.4 is 20.7 Å². The number of nitrogens with one attached hydrogen (secondary N) is 3. The Labute approximate surface area is 216 Å². The van der Waals surface area contributed by atoms with Crippen molar-refractivity contribution in [1.82, 2.24) is 19.9 Å². The van der Waals surface area contributed by atoms with Crippen molar-refractivity contribution in [2.24, 2.45) is 0 Å². The topological polar surface area (TPSA) is 104 Å². The number of nitrogens with zero attached hydrogens (tertiary/aromatic N) is 4. The van der Waals surface area contributed by atoms with E-state index in [0.29, 0.717) is 23.3 Å². The molecule has 2 aromatic carbocycles. The molecule has 0 radical (unpaired) electrons. The molecule has 0 aliphatic carbocycles. The highest BCUT2D eigenvalue weighted by atomic mass is 16.5. The molecule has 2 heterocycles. The number of amides is 1. The Morgan fingerprint density at radius 3 is 2.24 bits per heavy atom. The number of rotatable bonds is 10. The van der Waals surface area contributed by atoms with Gasteiger partial charge in [-0.1, -0.05) is 30.3 Å². The number of carbonyl (C=O) groups excluding carboxylic acids is 1. The SMILES string of the molecule is CC(C=CC(=O)Nc1cccc(Nc2cc(Nc3ccc(Oc4ccccc4)cc3)ncn2)n1)N(C)C. The van der Waals surface area contributed by atoms with Crippen molar-refractivity contribution in [3.05, 3.63) is 97.3 Å². The third-order valence-electron chi connectivity index (χ3n) is 5.37. The molecule has 1 amide bonds. The van der Waals surface area contributed by atoms with E-state index in [0.717, 1.165) is 17.2 Å². The number of ether oxygens (including phenoxy) is 1. The first-order valence-electron chi connectivity index (χ1n) is 11.8. The highest BCUT2D eigenvalue weighted by Gasteiger charge is 2.06. The molecule has 9 nitrogen and oxygen atoms in total. The van der Waals surface area contributed by atoms with Gasteiger partial charge >= 0.3 is 0 Å². The summed E-state index contributed by atoms with van der Waals surface area (Å²) in [7, 11) is 3.91. The predicted molar refractivity (Wildman–Crippen MR) is 147 cm³/mol. The van der Waals surface area contributed by atoms with E-state index in [1.807, 2.05) is 86.6 Å². The lowest BCUT2D eigenvalue weighted by molar-refractivity contribution is -0.112. The fourth-order valence-corrected chi connectivity index (χ4v) is 3.14. The molecule has 2 aromatic heterocycles. The Hall–Kier alpha value is -4.76. The Morgan fingerprint density at radius 1 is 0.838 bits per heavy atom. The highest BCUT2D eigenvalue weighted by Crippen LogP contribution is 2.24. The lowest BCUT2D eigenvalue weighted by atomic mass is 10.3. The van der Waals surface area contributed by atoms with Crippen molar-refractivity contribution < 1.29 is 9.53 Å². The van der Waals surface area contributed by atoms with Gasteiger partial charge in [0.1, 0.15) is 41.1 Å². The number of para-hydroxylation sites is 1. The van der Waals surface area contributed by atoms with Crippen LogP contribution in [0.25, 0.3) is 0 Å². The van der Waals surface area contributed by atoms with Crippen LogP contribution in [0.5, 0.6) is 11.5 Å². The highest BCUT2D eigenvalue weighted by molar-refractivity contribution is 5.98. The maximum Gasteiger partial charge on any atom is 0.249 e. The Balaban J connectivity index is 1.36. The number of carbonyl (C=O) groups is 1. The molecule has 1 atom stereocenters. The molecule has 0 aliphatic rings. The quantitative estimate of drug-likeness (QED) is 0.244. The van der Waals surface area contributed by atoms with Crippen LogP contribution in [0.2, 0.25) is 0 Å². The molecule has 0 aliphatic heterocycles. The first-order chi connectivity index (χ1) is 17.9. The van der Waals surface area contributed by atoms with E-state index in [4.69, 9.17) is 4.74 Å². The number of hydrogen-bond acceptors (Lipinski definition) is 8. The number of pyridine rings is 1. The predicted octanol–water partition coefficient (Wildman–Crippen LogP) is 5.60. The van der Waals surface area contributed by atoms with Gasteiger partial charge in [0.2, 0.25) is 5.91 Å². The Kier molecular flexibility index (Phi) is 8.41. The summed E-state index contributed by atoms with van der Waals surface area (Å²) >= 11 is 0. The summed E-state index contributed by atoms with van der Waals surface area (Å²) in [5, 5.41) is 9.18. The van der Waals surface area contributed by atoms with E-state index in [1.54, 1.807) is 24.3 Å². The molecular weight excluding hydrogens is 466 g/mol. The normalized spacial score (nSPS) is 11.8. The summed E-state index contributed by atoms with van der Waals surface area (Å²) in [5.41, 5.74) is 0.851. The average molecular weight is 496 g/mol. The number of aromatic nitrogens is 3. The minimum Gasteiger partial charge on any atom is -0.457 e. The first-order valence-corrected chi connectivity index (χ1v) is 11.8. The Morgan fingerprint density at radius 2 is 1.51 bits per heavy atom. The number of hydrogen-bond donors (Lipinski definition) is 3. The van der Waals surface area contributed by atoms with Crippen molar-refractivity contribution in [1.29, 1.82) is 0 Å². The fraction of sp³-hybridized carbons (Fsp3) is 0.143. The van der Waals surface area contributed by atoms with Crippen LogP contribution in [-0.4, -0.2) is 45.9 Å². The van der Waals surface area contributed by atoms with Crippen LogP contribution in [0, 0.1) is 0 Å². The third-order valence-corrected chi connectivity index (χ3v) is 5.37. The van der Waals surface area contributed by atoms with E-state index in [1.165, 1.54) is 12.4 Å². The summed E-state index contributed by atoms with van der Waals surface area (Å²) in [6, 6.07) is 24.4. The van der Waals surface area contributed by atoms with Gasteiger partial charge in [0.25, 0.3) is 0 Å². The zero-order valence-corrected chi connectivity index (χ0v) is 20.9. The number of likely N-dealkylation sites (N-methyl/N-ethyl adjacent to an activating group) is 1. The summed E-state index contributed by atoms with van der Waals surface area (Å²) in [6.07, 6.45) is 4.80. The van der Waals surface area contributed by atoms with Crippen molar-refractivity contribution in [3.63, 3.8) is 0 Å². The van der Waals surface area contributed by atoms with E-state index in [-0.39, 0.29) is 11.9 Å². The number of benzene rings is 2. The van der Waals surface area contributed by atoms with Gasteiger partial charge in [0.05, 0.1) is 0 Å². The fourth-order valence-electron chi connectivity index (χ4n) is 3.14.